The van der Waals surface area contributed by atoms with Gasteiger partial charge in [0.05, 0.1) is 18.3 Å². The highest BCUT2D eigenvalue weighted by atomic mass is 16.1. The number of fused-ring (bicyclic) bond motifs is 1. The minimum Gasteiger partial charge on any atom is -0.324 e. The quantitative estimate of drug-likeness (QED) is 0.786. The Bertz CT molecular complexity index is 733. The second-order valence-corrected chi connectivity index (χ2v) is 4.62. The van der Waals surface area contributed by atoms with Gasteiger partial charge in [0.1, 0.15) is 0 Å². The molecule has 1 N–H and O–H groups in total. The van der Waals surface area contributed by atoms with E-state index in [1.165, 1.54) is 0 Å². The van der Waals surface area contributed by atoms with E-state index in [1.807, 2.05) is 54.6 Å². The van der Waals surface area contributed by atoms with Gasteiger partial charge < -0.3 is 5.32 Å². The third-order valence-electron chi connectivity index (χ3n) is 3.15. The Hall–Kier alpha value is -2.68. The number of carbonyl (C=O) groups is 1. The van der Waals surface area contributed by atoms with Crippen molar-refractivity contribution >= 4 is 22.4 Å². The number of benzene rings is 2. The average molecular weight is 262 g/mol. The maximum absolute atomic E-state index is 12.1. The van der Waals surface area contributed by atoms with Crippen molar-refractivity contribution in [3.8, 4) is 0 Å². The minimum absolute atomic E-state index is 0.0330. The van der Waals surface area contributed by atoms with Gasteiger partial charge in [-0.15, -0.1) is 0 Å². The molecule has 2 aromatic carbocycles. The van der Waals surface area contributed by atoms with E-state index >= 15 is 0 Å². The average Bonchev–Trinajstić information content (AvgIpc) is 2.48. The third kappa shape index (κ3) is 2.67. The third-order valence-corrected chi connectivity index (χ3v) is 3.15. The zero-order chi connectivity index (χ0) is 13.8. The predicted molar refractivity (Wildman–Crippen MR) is 80.5 cm³/mol. The molecule has 0 aliphatic heterocycles. The number of rotatable bonds is 3. The second-order valence-electron chi connectivity index (χ2n) is 4.62. The normalized spacial score (nSPS) is 10.4. The van der Waals surface area contributed by atoms with Crippen LogP contribution in [0.15, 0.2) is 67.0 Å². The summed E-state index contributed by atoms with van der Waals surface area (Å²) < 4.78 is 0. The molecule has 1 amide bonds. The number of carbonyl (C=O) groups excluding carboxylic acids is 1. The van der Waals surface area contributed by atoms with E-state index in [2.05, 4.69) is 10.3 Å². The van der Waals surface area contributed by atoms with Crippen LogP contribution in [-0.2, 0) is 11.2 Å². The van der Waals surface area contributed by atoms with Crippen LogP contribution in [0.2, 0.25) is 0 Å². The molecule has 3 aromatic rings. The molecule has 1 aromatic heterocycles. The zero-order valence-corrected chi connectivity index (χ0v) is 10.9. The molecule has 0 unspecified atom stereocenters. The molecule has 1 heterocycles. The van der Waals surface area contributed by atoms with Crippen LogP contribution in [0.3, 0.4) is 0 Å². The number of pyridine rings is 1. The smallest absolute Gasteiger partial charge is 0.228 e. The van der Waals surface area contributed by atoms with Gasteiger partial charge in [0.25, 0.3) is 0 Å². The number of amides is 1. The molecule has 0 saturated heterocycles. The van der Waals surface area contributed by atoms with Crippen molar-refractivity contribution in [3.05, 3.63) is 72.6 Å². The van der Waals surface area contributed by atoms with Crippen LogP contribution in [0.4, 0.5) is 5.69 Å². The van der Waals surface area contributed by atoms with Gasteiger partial charge in [0, 0.05) is 17.0 Å². The molecule has 0 atom stereocenters. The minimum atomic E-state index is -0.0330. The summed E-state index contributed by atoms with van der Waals surface area (Å²) in [5, 5.41) is 4.95. The molecule has 0 aliphatic carbocycles. The molecular formula is C17H14N2O. The molecular weight excluding hydrogens is 248 g/mol. The lowest BCUT2D eigenvalue weighted by Gasteiger charge is -2.08. The lowest BCUT2D eigenvalue weighted by Crippen LogP contribution is -2.14. The predicted octanol–water partition coefficient (Wildman–Crippen LogP) is 3.42. The maximum atomic E-state index is 12.1. The van der Waals surface area contributed by atoms with Gasteiger partial charge in [-0.25, -0.2) is 0 Å². The molecule has 3 rings (SSSR count). The Morgan fingerprint density at radius 2 is 1.70 bits per heavy atom. The molecule has 98 valence electrons. The van der Waals surface area contributed by atoms with Crippen molar-refractivity contribution in [2.75, 3.05) is 5.32 Å². The fraction of sp³-hybridized carbons (Fsp3) is 0.0588. The van der Waals surface area contributed by atoms with Crippen molar-refractivity contribution in [2.45, 2.75) is 6.42 Å². The largest absolute Gasteiger partial charge is 0.324 e. The Labute approximate surface area is 117 Å². The van der Waals surface area contributed by atoms with Crippen molar-refractivity contribution in [2.24, 2.45) is 0 Å². The Balaban J connectivity index is 1.81. The Kier molecular flexibility index (Phi) is 3.42. The number of nitrogens with one attached hydrogen (secondary N) is 1. The molecule has 0 aliphatic rings. The van der Waals surface area contributed by atoms with E-state index in [-0.39, 0.29) is 5.91 Å². The summed E-state index contributed by atoms with van der Waals surface area (Å²) >= 11 is 0. The van der Waals surface area contributed by atoms with Crippen LogP contribution < -0.4 is 5.32 Å². The summed E-state index contributed by atoms with van der Waals surface area (Å²) in [4.78, 5) is 16.2. The molecule has 3 nitrogen and oxygen atoms in total. The number of hydrogen-bond donors (Lipinski definition) is 1. The Morgan fingerprint density at radius 1 is 0.950 bits per heavy atom. The van der Waals surface area contributed by atoms with E-state index in [0.29, 0.717) is 6.42 Å². The van der Waals surface area contributed by atoms with Crippen molar-refractivity contribution < 1.29 is 4.79 Å². The lowest BCUT2D eigenvalue weighted by molar-refractivity contribution is -0.115. The molecule has 0 bridgehead atoms. The first kappa shape index (κ1) is 12.4. The highest BCUT2D eigenvalue weighted by molar-refractivity contribution is 6.02. The summed E-state index contributed by atoms with van der Waals surface area (Å²) in [6, 6.07) is 17.6. The van der Waals surface area contributed by atoms with Crippen LogP contribution in [0, 0.1) is 0 Å². The van der Waals surface area contributed by atoms with Crippen molar-refractivity contribution in [3.63, 3.8) is 0 Å². The Morgan fingerprint density at radius 3 is 2.55 bits per heavy atom. The van der Waals surface area contributed by atoms with Gasteiger partial charge in [-0.2, -0.15) is 0 Å². The van der Waals surface area contributed by atoms with E-state index in [1.54, 1.807) is 12.4 Å². The molecule has 20 heavy (non-hydrogen) atoms. The molecule has 0 radical (unpaired) electrons. The van der Waals surface area contributed by atoms with Gasteiger partial charge in [0.2, 0.25) is 5.91 Å². The lowest BCUT2D eigenvalue weighted by atomic mass is 10.1. The number of aromatic nitrogens is 1. The summed E-state index contributed by atoms with van der Waals surface area (Å²) in [5.74, 6) is -0.0330. The number of hydrogen-bond acceptors (Lipinski definition) is 2. The fourth-order valence-electron chi connectivity index (χ4n) is 2.19. The second kappa shape index (κ2) is 5.53. The molecule has 3 heteroatoms. The molecule has 0 spiro atoms. The van der Waals surface area contributed by atoms with Crippen molar-refractivity contribution in [1.82, 2.24) is 4.98 Å². The van der Waals surface area contributed by atoms with Gasteiger partial charge in [-0.1, -0.05) is 54.6 Å². The summed E-state index contributed by atoms with van der Waals surface area (Å²) in [7, 11) is 0. The first-order chi connectivity index (χ1) is 9.83. The summed E-state index contributed by atoms with van der Waals surface area (Å²) in [6.07, 6.45) is 3.84. The van der Waals surface area contributed by atoms with E-state index < -0.39 is 0 Å². The monoisotopic (exact) mass is 262 g/mol. The molecule has 0 fully saturated rings. The van der Waals surface area contributed by atoms with Gasteiger partial charge in [-0.05, 0) is 5.56 Å². The van der Waals surface area contributed by atoms with E-state index in [0.717, 1.165) is 22.0 Å². The van der Waals surface area contributed by atoms with Gasteiger partial charge in [-0.3, -0.25) is 9.78 Å². The van der Waals surface area contributed by atoms with E-state index in [4.69, 9.17) is 0 Å². The first-order valence-electron chi connectivity index (χ1n) is 6.49. The standard InChI is InChI=1S/C17H14N2O/c20-17(10-13-6-2-1-3-7-13)19-16-12-18-11-14-8-4-5-9-15(14)16/h1-9,11-12H,10H2,(H,19,20). The van der Waals surface area contributed by atoms with Crippen LogP contribution >= 0.6 is 0 Å². The van der Waals surface area contributed by atoms with Gasteiger partial charge in [0.15, 0.2) is 0 Å². The summed E-state index contributed by atoms with van der Waals surface area (Å²) in [5.41, 5.74) is 1.75. The van der Waals surface area contributed by atoms with Crippen LogP contribution in [-0.4, -0.2) is 10.9 Å². The number of anilines is 1. The number of nitrogens with zero attached hydrogens (tertiary/aromatic N) is 1. The van der Waals surface area contributed by atoms with Crippen LogP contribution in [0.25, 0.3) is 10.8 Å². The van der Waals surface area contributed by atoms with Gasteiger partial charge >= 0.3 is 0 Å². The van der Waals surface area contributed by atoms with E-state index in [9.17, 15) is 4.79 Å². The van der Waals surface area contributed by atoms with Crippen LogP contribution in [0.1, 0.15) is 5.56 Å². The molecule has 0 saturated carbocycles. The first-order valence-corrected chi connectivity index (χ1v) is 6.49. The topological polar surface area (TPSA) is 42.0 Å². The highest BCUT2D eigenvalue weighted by Gasteiger charge is 2.06. The summed E-state index contributed by atoms with van der Waals surface area (Å²) in [6.45, 7) is 0. The van der Waals surface area contributed by atoms with Crippen molar-refractivity contribution in [1.29, 1.82) is 0 Å². The SMILES string of the molecule is O=C(Cc1ccccc1)Nc1cncc2ccccc12. The van der Waals surface area contributed by atoms with Crippen LogP contribution in [0.5, 0.6) is 0 Å². The highest BCUT2D eigenvalue weighted by Crippen LogP contribution is 2.21. The maximum Gasteiger partial charge on any atom is 0.228 e. The fourth-order valence-corrected chi connectivity index (χ4v) is 2.19. The zero-order valence-electron chi connectivity index (χ0n) is 10.9.